The fourth-order valence-corrected chi connectivity index (χ4v) is 1.93. The third kappa shape index (κ3) is 2.69. The van der Waals surface area contributed by atoms with Crippen molar-refractivity contribution in [3.63, 3.8) is 0 Å². The lowest BCUT2D eigenvalue weighted by Crippen LogP contribution is -2.00. The Balaban J connectivity index is 2.12. The van der Waals surface area contributed by atoms with Crippen LogP contribution >= 0.6 is 0 Å². The molecule has 1 atom stereocenters. The van der Waals surface area contributed by atoms with Crippen LogP contribution in [0.1, 0.15) is 29.7 Å². The summed E-state index contributed by atoms with van der Waals surface area (Å²) in [5, 5.41) is 0. The summed E-state index contributed by atoms with van der Waals surface area (Å²) < 4.78 is 0. The Labute approximate surface area is 97.2 Å². The molecular formula is C15H17N. The van der Waals surface area contributed by atoms with Crippen LogP contribution in [0.15, 0.2) is 48.7 Å². The van der Waals surface area contributed by atoms with Crippen LogP contribution in [0.3, 0.4) is 0 Å². The van der Waals surface area contributed by atoms with E-state index in [-0.39, 0.29) is 0 Å². The van der Waals surface area contributed by atoms with Crippen molar-refractivity contribution in [3.05, 3.63) is 65.5 Å². The highest BCUT2D eigenvalue weighted by Crippen LogP contribution is 2.20. The number of rotatable bonds is 3. The van der Waals surface area contributed by atoms with Crippen LogP contribution in [-0.2, 0) is 6.42 Å². The van der Waals surface area contributed by atoms with Crippen molar-refractivity contribution < 1.29 is 0 Å². The molecule has 1 aromatic carbocycles. The molecule has 0 saturated heterocycles. The first-order chi connectivity index (χ1) is 7.75. The predicted octanol–water partition coefficient (Wildman–Crippen LogP) is 3.74. The van der Waals surface area contributed by atoms with Crippen LogP contribution in [0.2, 0.25) is 0 Å². The second-order valence-electron chi connectivity index (χ2n) is 4.34. The van der Waals surface area contributed by atoms with Gasteiger partial charge in [-0.1, -0.05) is 42.8 Å². The maximum atomic E-state index is 4.37. The molecule has 0 aliphatic carbocycles. The Kier molecular flexibility index (Phi) is 3.35. The van der Waals surface area contributed by atoms with Gasteiger partial charge in [-0.05, 0) is 37.0 Å². The number of hydrogen-bond acceptors (Lipinski definition) is 1. The molecular weight excluding hydrogens is 194 g/mol. The molecule has 1 unspecified atom stereocenters. The Bertz CT molecular complexity index is 448. The molecule has 1 aromatic heterocycles. The van der Waals surface area contributed by atoms with Crippen molar-refractivity contribution in [1.29, 1.82) is 0 Å². The maximum absolute atomic E-state index is 4.37. The number of aryl methyl sites for hydroxylation is 1. The number of hydrogen-bond donors (Lipinski definition) is 0. The van der Waals surface area contributed by atoms with Gasteiger partial charge in [-0.3, -0.25) is 4.98 Å². The minimum absolute atomic E-state index is 0.523. The molecule has 0 spiro atoms. The minimum Gasteiger partial charge on any atom is -0.261 e. The van der Waals surface area contributed by atoms with E-state index in [0.717, 1.165) is 12.1 Å². The third-order valence-electron chi connectivity index (χ3n) is 2.85. The van der Waals surface area contributed by atoms with Gasteiger partial charge in [0.05, 0.1) is 0 Å². The van der Waals surface area contributed by atoms with Gasteiger partial charge in [-0.2, -0.15) is 0 Å². The molecule has 0 bridgehead atoms. The Morgan fingerprint density at radius 3 is 2.69 bits per heavy atom. The number of nitrogens with zero attached hydrogens (tertiary/aromatic N) is 1. The van der Waals surface area contributed by atoms with E-state index in [1.807, 2.05) is 18.3 Å². The SMILES string of the molecule is Cc1cccc(C(C)Cc2ccccn2)c1. The smallest absolute Gasteiger partial charge is 0.0409 e. The van der Waals surface area contributed by atoms with E-state index in [4.69, 9.17) is 0 Å². The van der Waals surface area contributed by atoms with Crippen molar-refractivity contribution in [2.24, 2.45) is 0 Å². The zero-order valence-corrected chi connectivity index (χ0v) is 9.85. The largest absolute Gasteiger partial charge is 0.261 e. The summed E-state index contributed by atoms with van der Waals surface area (Å²) in [5.41, 5.74) is 3.88. The Hall–Kier alpha value is -1.63. The lowest BCUT2D eigenvalue weighted by molar-refractivity contribution is 0.740. The van der Waals surface area contributed by atoms with Crippen LogP contribution in [0.4, 0.5) is 0 Å². The highest BCUT2D eigenvalue weighted by molar-refractivity contribution is 5.26. The summed E-state index contributed by atoms with van der Waals surface area (Å²) in [4.78, 5) is 4.37. The predicted molar refractivity (Wildman–Crippen MR) is 67.5 cm³/mol. The maximum Gasteiger partial charge on any atom is 0.0409 e. The quantitative estimate of drug-likeness (QED) is 0.753. The van der Waals surface area contributed by atoms with Gasteiger partial charge in [0.25, 0.3) is 0 Å². The van der Waals surface area contributed by atoms with E-state index in [9.17, 15) is 0 Å². The molecule has 16 heavy (non-hydrogen) atoms. The monoisotopic (exact) mass is 211 g/mol. The summed E-state index contributed by atoms with van der Waals surface area (Å²) >= 11 is 0. The fourth-order valence-electron chi connectivity index (χ4n) is 1.93. The average Bonchev–Trinajstić information content (AvgIpc) is 2.30. The highest BCUT2D eigenvalue weighted by Gasteiger charge is 2.06. The van der Waals surface area contributed by atoms with Crippen LogP contribution in [0, 0.1) is 6.92 Å². The molecule has 1 heteroatoms. The first kappa shape index (κ1) is 10.9. The molecule has 0 amide bonds. The Morgan fingerprint density at radius 2 is 2.00 bits per heavy atom. The van der Waals surface area contributed by atoms with Crippen LogP contribution < -0.4 is 0 Å². The van der Waals surface area contributed by atoms with Gasteiger partial charge < -0.3 is 0 Å². The van der Waals surface area contributed by atoms with Gasteiger partial charge in [0.15, 0.2) is 0 Å². The normalized spacial score (nSPS) is 12.4. The summed E-state index contributed by atoms with van der Waals surface area (Å²) in [6, 6.07) is 14.8. The van der Waals surface area contributed by atoms with Crippen molar-refractivity contribution in [2.45, 2.75) is 26.2 Å². The topological polar surface area (TPSA) is 12.9 Å². The van der Waals surface area contributed by atoms with Crippen molar-refractivity contribution in [3.8, 4) is 0 Å². The summed E-state index contributed by atoms with van der Waals surface area (Å²) in [5.74, 6) is 0.523. The van der Waals surface area contributed by atoms with E-state index in [0.29, 0.717) is 5.92 Å². The fraction of sp³-hybridized carbons (Fsp3) is 0.267. The standard InChI is InChI=1S/C15H17N/c1-12-6-5-7-14(10-12)13(2)11-15-8-3-4-9-16-15/h3-10,13H,11H2,1-2H3. The Morgan fingerprint density at radius 1 is 1.12 bits per heavy atom. The lowest BCUT2D eigenvalue weighted by atomic mass is 9.95. The summed E-state index contributed by atoms with van der Waals surface area (Å²) in [6.07, 6.45) is 2.86. The molecule has 2 rings (SSSR count). The van der Waals surface area contributed by atoms with Crippen LogP contribution in [-0.4, -0.2) is 4.98 Å². The number of aromatic nitrogens is 1. The average molecular weight is 211 g/mol. The van der Waals surface area contributed by atoms with Gasteiger partial charge in [-0.15, -0.1) is 0 Å². The van der Waals surface area contributed by atoms with Crippen molar-refractivity contribution in [2.75, 3.05) is 0 Å². The molecule has 2 aromatic rings. The number of benzene rings is 1. The molecule has 0 aliphatic rings. The van der Waals surface area contributed by atoms with Crippen molar-refractivity contribution in [1.82, 2.24) is 4.98 Å². The highest BCUT2D eigenvalue weighted by atomic mass is 14.7. The van der Waals surface area contributed by atoms with Gasteiger partial charge in [0.1, 0.15) is 0 Å². The molecule has 82 valence electrons. The molecule has 0 fully saturated rings. The molecule has 0 aliphatic heterocycles. The van der Waals surface area contributed by atoms with E-state index < -0.39 is 0 Å². The first-order valence-corrected chi connectivity index (χ1v) is 5.72. The van der Waals surface area contributed by atoms with Crippen molar-refractivity contribution >= 4 is 0 Å². The summed E-state index contributed by atoms with van der Waals surface area (Å²) in [6.45, 7) is 4.39. The zero-order chi connectivity index (χ0) is 11.4. The molecule has 1 heterocycles. The summed E-state index contributed by atoms with van der Waals surface area (Å²) in [7, 11) is 0. The molecule has 0 N–H and O–H groups in total. The number of pyridine rings is 1. The lowest BCUT2D eigenvalue weighted by Gasteiger charge is -2.11. The van der Waals surface area contributed by atoms with Gasteiger partial charge in [-0.25, -0.2) is 0 Å². The van der Waals surface area contributed by atoms with Gasteiger partial charge in [0, 0.05) is 11.9 Å². The molecule has 1 nitrogen and oxygen atoms in total. The zero-order valence-electron chi connectivity index (χ0n) is 9.85. The van der Waals surface area contributed by atoms with Crippen LogP contribution in [0.5, 0.6) is 0 Å². The van der Waals surface area contributed by atoms with Gasteiger partial charge in [0.2, 0.25) is 0 Å². The molecule has 0 radical (unpaired) electrons. The van der Waals surface area contributed by atoms with E-state index in [1.54, 1.807) is 0 Å². The first-order valence-electron chi connectivity index (χ1n) is 5.72. The van der Waals surface area contributed by atoms with E-state index in [1.165, 1.54) is 11.1 Å². The second-order valence-corrected chi connectivity index (χ2v) is 4.34. The van der Waals surface area contributed by atoms with Gasteiger partial charge >= 0.3 is 0 Å². The third-order valence-corrected chi connectivity index (χ3v) is 2.85. The van der Waals surface area contributed by atoms with Crippen LogP contribution in [0.25, 0.3) is 0 Å². The van der Waals surface area contributed by atoms with E-state index >= 15 is 0 Å². The van der Waals surface area contributed by atoms with E-state index in [2.05, 4.69) is 49.2 Å². The molecule has 0 saturated carbocycles. The second kappa shape index (κ2) is 4.93. The minimum atomic E-state index is 0.523.